The lowest BCUT2D eigenvalue weighted by molar-refractivity contribution is -0.0512. The Labute approximate surface area is 157 Å². The number of hydrogen-bond acceptors (Lipinski definition) is 4. The summed E-state index contributed by atoms with van der Waals surface area (Å²) < 4.78 is 39.6. The minimum absolute atomic E-state index is 0.0671. The molecule has 0 radical (unpaired) electrons. The van der Waals surface area contributed by atoms with Crippen molar-refractivity contribution in [1.82, 2.24) is 5.32 Å². The average molecular weight is 379 g/mol. The van der Waals surface area contributed by atoms with Crippen LogP contribution >= 0.6 is 0 Å². The zero-order valence-electron chi connectivity index (χ0n) is 15.5. The van der Waals surface area contributed by atoms with Crippen LogP contribution < -0.4 is 14.8 Å². The topological polar surface area (TPSA) is 56.8 Å². The van der Waals surface area contributed by atoms with Crippen molar-refractivity contribution in [2.45, 2.75) is 39.7 Å². The van der Waals surface area contributed by atoms with E-state index in [1.807, 2.05) is 38.1 Å². The molecule has 2 rings (SSSR count). The monoisotopic (exact) mass is 379 g/mol. The molecule has 0 saturated heterocycles. The first-order chi connectivity index (χ1) is 12.9. The number of rotatable bonds is 9. The third-order valence-electron chi connectivity index (χ3n) is 3.70. The van der Waals surface area contributed by atoms with Crippen LogP contribution in [0.25, 0.3) is 0 Å². The van der Waals surface area contributed by atoms with Gasteiger partial charge in [-0.15, -0.1) is 0 Å². The summed E-state index contributed by atoms with van der Waals surface area (Å²) in [5.74, 6) is -0.398. The number of benzene rings is 2. The molecule has 146 valence electrons. The van der Waals surface area contributed by atoms with E-state index in [0.29, 0.717) is 13.2 Å². The van der Waals surface area contributed by atoms with E-state index in [9.17, 15) is 13.6 Å². The Kier molecular flexibility index (Phi) is 7.55. The molecule has 2 aromatic rings. The van der Waals surface area contributed by atoms with Crippen molar-refractivity contribution < 1.29 is 27.8 Å². The van der Waals surface area contributed by atoms with E-state index < -0.39 is 6.61 Å². The van der Waals surface area contributed by atoms with Gasteiger partial charge in [0, 0.05) is 12.1 Å². The highest BCUT2D eigenvalue weighted by molar-refractivity contribution is 5.94. The fourth-order valence-corrected chi connectivity index (χ4v) is 2.30. The molecule has 2 aromatic carbocycles. The van der Waals surface area contributed by atoms with Gasteiger partial charge in [0.15, 0.2) is 11.5 Å². The van der Waals surface area contributed by atoms with Gasteiger partial charge in [0.1, 0.15) is 0 Å². The number of hydrogen-bond donors (Lipinski definition) is 1. The number of ether oxygens (including phenoxy) is 3. The summed E-state index contributed by atoms with van der Waals surface area (Å²) in [5.41, 5.74) is 2.27. The van der Waals surface area contributed by atoms with Gasteiger partial charge in [-0.3, -0.25) is 4.79 Å². The Balaban J connectivity index is 1.95. The molecule has 1 N–H and O–H groups in total. The lowest BCUT2D eigenvalue weighted by Crippen LogP contribution is -2.22. The van der Waals surface area contributed by atoms with Gasteiger partial charge in [0.2, 0.25) is 0 Å². The molecule has 27 heavy (non-hydrogen) atoms. The predicted molar refractivity (Wildman–Crippen MR) is 97.2 cm³/mol. The molecule has 0 bridgehead atoms. The molecule has 0 spiro atoms. The number of amides is 1. The van der Waals surface area contributed by atoms with Crippen LogP contribution in [0.1, 0.15) is 35.3 Å². The molecule has 1 amide bonds. The van der Waals surface area contributed by atoms with E-state index >= 15 is 0 Å². The fraction of sp³-hybridized carbons (Fsp3) is 0.350. The van der Waals surface area contributed by atoms with Crippen LogP contribution in [0, 0.1) is 0 Å². The molecule has 0 unspecified atom stereocenters. The van der Waals surface area contributed by atoms with Crippen LogP contribution in [-0.4, -0.2) is 25.7 Å². The van der Waals surface area contributed by atoms with Gasteiger partial charge in [-0.05, 0) is 43.2 Å². The van der Waals surface area contributed by atoms with E-state index in [2.05, 4.69) is 10.1 Å². The van der Waals surface area contributed by atoms with Crippen LogP contribution in [0.15, 0.2) is 42.5 Å². The third kappa shape index (κ3) is 6.53. The summed E-state index contributed by atoms with van der Waals surface area (Å²) in [5, 5.41) is 2.78. The summed E-state index contributed by atoms with van der Waals surface area (Å²) >= 11 is 0. The largest absolute Gasteiger partial charge is 0.493 e. The van der Waals surface area contributed by atoms with Crippen LogP contribution in [0.3, 0.4) is 0 Å². The van der Waals surface area contributed by atoms with Gasteiger partial charge in [-0.2, -0.15) is 8.78 Å². The van der Waals surface area contributed by atoms with E-state index in [1.165, 1.54) is 25.3 Å². The lowest BCUT2D eigenvalue weighted by Gasteiger charge is -2.12. The maximum Gasteiger partial charge on any atom is 0.387 e. The van der Waals surface area contributed by atoms with E-state index in [4.69, 9.17) is 9.47 Å². The van der Waals surface area contributed by atoms with Crippen molar-refractivity contribution in [3.8, 4) is 11.5 Å². The molecule has 0 aliphatic heterocycles. The van der Waals surface area contributed by atoms with Crippen LogP contribution in [0.2, 0.25) is 0 Å². The quantitative estimate of drug-likeness (QED) is 0.711. The van der Waals surface area contributed by atoms with Gasteiger partial charge in [0.25, 0.3) is 5.91 Å². The Morgan fingerprint density at radius 2 is 1.70 bits per heavy atom. The maximum atomic E-state index is 12.4. The second-order valence-corrected chi connectivity index (χ2v) is 6.10. The normalized spacial score (nSPS) is 10.9. The standard InChI is InChI=1S/C20H23F2NO4/c1-13(2)26-12-15-6-4-14(5-7-15)11-23-19(24)16-8-9-17(27-20(21)22)18(10-16)25-3/h4-10,13,20H,11-12H2,1-3H3,(H,23,24). The molecule has 0 heterocycles. The lowest BCUT2D eigenvalue weighted by atomic mass is 10.1. The number of halogens is 2. The summed E-state index contributed by atoms with van der Waals surface area (Å²) in [4.78, 5) is 12.3. The molecular formula is C20H23F2NO4. The molecule has 0 saturated carbocycles. The zero-order chi connectivity index (χ0) is 19.8. The zero-order valence-corrected chi connectivity index (χ0v) is 15.5. The second kappa shape index (κ2) is 9.87. The minimum atomic E-state index is -2.97. The highest BCUT2D eigenvalue weighted by Gasteiger charge is 2.14. The number of methoxy groups -OCH3 is 1. The fourth-order valence-electron chi connectivity index (χ4n) is 2.30. The summed E-state index contributed by atoms with van der Waals surface area (Å²) in [6.45, 7) is 1.86. The summed E-state index contributed by atoms with van der Waals surface area (Å²) in [6.07, 6.45) is 0.165. The van der Waals surface area contributed by atoms with Crippen LogP contribution in [0.5, 0.6) is 11.5 Å². The second-order valence-electron chi connectivity index (χ2n) is 6.10. The highest BCUT2D eigenvalue weighted by atomic mass is 19.3. The van der Waals surface area contributed by atoms with Crippen molar-refractivity contribution in [1.29, 1.82) is 0 Å². The number of alkyl halides is 2. The first-order valence-corrected chi connectivity index (χ1v) is 8.49. The molecule has 5 nitrogen and oxygen atoms in total. The van der Waals surface area contributed by atoms with Crippen LogP contribution in [0.4, 0.5) is 8.78 Å². The van der Waals surface area contributed by atoms with Gasteiger partial charge in [-0.1, -0.05) is 24.3 Å². The van der Waals surface area contributed by atoms with E-state index in [-0.39, 0.29) is 29.1 Å². The number of nitrogens with one attached hydrogen (secondary N) is 1. The smallest absolute Gasteiger partial charge is 0.387 e. The molecule has 0 aromatic heterocycles. The molecule has 0 aliphatic rings. The minimum Gasteiger partial charge on any atom is -0.493 e. The highest BCUT2D eigenvalue weighted by Crippen LogP contribution is 2.29. The first kappa shape index (κ1) is 20.6. The Bertz CT molecular complexity index is 748. The van der Waals surface area contributed by atoms with E-state index in [0.717, 1.165) is 11.1 Å². The van der Waals surface area contributed by atoms with Gasteiger partial charge < -0.3 is 19.5 Å². The molecule has 0 aliphatic carbocycles. The van der Waals surface area contributed by atoms with Crippen molar-refractivity contribution in [2.75, 3.05) is 7.11 Å². The maximum absolute atomic E-state index is 12.4. The van der Waals surface area contributed by atoms with Crippen molar-refractivity contribution >= 4 is 5.91 Å². The average Bonchev–Trinajstić information content (AvgIpc) is 2.65. The Morgan fingerprint density at radius 3 is 2.30 bits per heavy atom. The Hall–Kier alpha value is -2.67. The molecular weight excluding hydrogens is 356 g/mol. The predicted octanol–water partition coefficient (Wildman–Crippen LogP) is 4.15. The first-order valence-electron chi connectivity index (χ1n) is 8.49. The SMILES string of the molecule is COc1cc(C(=O)NCc2ccc(COC(C)C)cc2)ccc1OC(F)F. The molecule has 7 heteroatoms. The molecule has 0 atom stereocenters. The number of carbonyl (C=O) groups excluding carboxylic acids is 1. The van der Waals surface area contributed by atoms with Gasteiger partial charge in [0.05, 0.1) is 19.8 Å². The third-order valence-corrected chi connectivity index (χ3v) is 3.70. The summed E-state index contributed by atoms with van der Waals surface area (Å²) in [6, 6.07) is 11.8. The summed E-state index contributed by atoms with van der Waals surface area (Å²) in [7, 11) is 1.32. The van der Waals surface area contributed by atoms with Crippen molar-refractivity contribution in [3.05, 3.63) is 59.2 Å². The van der Waals surface area contributed by atoms with Gasteiger partial charge >= 0.3 is 6.61 Å². The van der Waals surface area contributed by atoms with E-state index in [1.54, 1.807) is 0 Å². The molecule has 0 fully saturated rings. The van der Waals surface area contributed by atoms with Crippen LogP contribution in [-0.2, 0) is 17.9 Å². The van der Waals surface area contributed by atoms with Crippen molar-refractivity contribution in [3.63, 3.8) is 0 Å². The van der Waals surface area contributed by atoms with Crippen molar-refractivity contribution in [2.24, 2.45) is 0 Å². The van der Waals surface area contributed by atoms with Gasteiger partial charge in [-0.25, -0.2) is 0 Å². The Morgan fingerprint density at radius 1 is 1.04 bits per heavy atom. The number of carbonyl (C=O) groups is 1.